The van der Waals surface area contributed by atoms with E-state index in [4.69, 9.17) is 5.73 Å². The van der Waals surface area contributed by atoms with Crippen molar-refractivity contribution in [3.8, 4) is 0 Å². The molecule has 0 aromatic heterocycles. The highest BCUT2D eigenvalue weighted by Gasteiger charge is 2.29. The molecule has 1 aliphatic carbocycles. The van der Waals surface area contributed by atoms with Crippen LogP contribution in [0.5, 0.6) is 0 Å². The molecule has 0 heterocycles. The Morgan fingerprint density at radius 2 is 1.76 bits per heavy atom. The molecular formula is C16H23N3O2. The molecule has 1 fully saturated rings. The first-order valence-corrected chi connectivity index (χ1v) is 7.55. The van der Waals surface area contributed by atoms with Gasteiger partial charge in [0.2, 0.25) is 11.8 Å². The van der Waals surface area contributed by atoms with Crippen LogP contribution in [-0.4, -0.2) is 17.9 Å². The van der Waals surface area contributed by atoms with E-state index in [0.29, 0.717) is 12.1 Å². The van der Waals surface area contributed by atoms with E-state index < -0.39 is 0 Å². The van der Waals surface area contributed by atoms with Gasteiger partial charge in [0.15, 0.2) is 0 Å². The van der Waals surface area contributed by atoms with E-state index in [9.17, 15) is 9.59 Å². The predicted octanol–water partition coefficient (Wildman–Crippen LogP) is 2.49. The van der Waals surface area contributed by atoms with Crippen molar-refractivity contribution < 1.29 is 9.59 Å². The van der Waals surface area contributed by atoms with Gasteiger partial charge in [-0.05, 0) is 43.5 Å². The molecule has 1 atom stereocenters. The maximum atomic E-state index is 11.8. The molecule has 5 nitrogen and oxygen atoms in total. The summed E-state index contributed by atoms with van der Waals surface area (Å²) >= 11 is 0. The molecule has 0 radical (unpaired) electrons. The van der Waals surface area contributed by atoms with Gasteiger partial charge in [0.05, 0.1) is 0 Å². The first-order chi connectivity index (χ1) is 10.1. The zero-order chi connectivity index (χ0) is 15.2. The zero-order valence-corrected chi connectivity index (χ0v) is 12.4. The Kier molecular flexibility index (Phi) is 5.33. The van der Waals surface area contributed by atoms with Crippen LogP contribution in [0.4, 0.5) is 11.4 Å². The molecule has 114 valence electrons. The number of nitrogens with two attached hydrogens (primary N) is 1. The lowest BCUT2D eigenvalue weighted by atomic mass is 10.1. The predicted molar refractivity (Wildman–Crippen MR) is 83.9 cm³/mol. The Labute approximate surface area is 125 Å². The Balaban J connectivity index is 1.81. The summed E-state index contributed by atoms with van der Waals surface area (Å²) in [6, 6.07) is 7.06. The van der Waals surface area contributed by atoms with Gasteiger partial charge in [0.1, 0.15) is 0 Å². The SMILES string of the molecule is CCCC(N)CC(=O)Nc1ccc(NC(=O)C2CC2)cc1. The van der Waals surface area contributed by atoms with Crippen LogP contribution in [0.25, 0.3) is 0 Å². The first kappa shape index (κ1) is 15.5. The second kappa shape index (κ2) is 7.22. The van der Waals surface area contributed by atoms with Gasteiger partial charge in [-0.25, -0.2) is 0 Å². The van der Waals surface area contributed by atoms with Crippen LogP contribution in [0.2, 0.25) is 0 Å². The van der Waals surface area contributed by atoms with Crippen molar-refractivity contribution in [2.75, 3.05) is 10.6 Å². The molecule has 0 saturated heterocycles. The number of carbonyl (C=O) groups excluding carboxylic acids is 2. The molecule has 0 spiro atoms. The maximum absolute atomic E-state index is 11.8. The summed E-state index contributed by atoms with van der Waals surface area (Å²) in [6.07, 6.45) is 4.12. The second-order valence-corrected chi connectivity index (χ2v) is 5.64. The fraction of sp³-hybridized carbons (Fsp3) is 0.500. The number of carbonyl (C=O) groups is 2. The minimum atomic E-state index is -0.0906. The normalized spacial score (nSPS) is 15.3. The summed E-state index contributed by atoms with van der Waals surface area (Å²) in [5.74, 6) is 0.187. The van der Waals surface area contributed by atoms with Crippen molar-refractivity contribution in [2.45, 2.75) is 45.1 Å². The summed E-state index contributed by atoms with van der Waals surface area (Å²) in [4.78, 5) is 23.4. The topological polar surface area (TPSA) is 84.2 Å². The Hall–Kier alpha value is -1.88. The molecule has 2 rings (SSSR count). The summed E-state index contributed by atoms with van der Waals surface area (Å²) in [5, 5.41) is 5.68. The van der Waals surface area contributed by atoms with Crippen LogP contribution in [0.1, 0.15) is 39.0 Å². The average Bonchev–Trinajstić information content (AvgIpc) is 3.25. The first-order valence-electron chi connectivity index (χ1n) is 7.55. The average molecular weight is 289 g/mol. The molecule has 1 aromatic carbocycles. The molecule has 21 heavy (non-hydrogen) atoms. The minimum absolute atomic E-state index is 0.0780. The maximum Gasteiger partial charge on any atom is 0.227 e. The number of nitrogens with one attached hydrogen (secondary N) is 2. The standard InChI is InChI=1S/C16H23N3O2/c1-2-3-12(17)10-15(20)18-13-6-8-14(9-7-13)19-16(21)11-4-5-11/h6-9,11-12H,2-5,10,17H2,1H3,(H,18,20)(H,19,21). The summed E-state index contributed by atoms with van der Waals surface area (Å²) in [5.41, 5.74) is 7.32. The summed E-state index contributed by atoms with van der Waals surface area (Å²) in [6.45, 7) is 2.05. The molecule has 2 amide bonds. The summed E-state index contributed by atoms with van der Waals surface area (Å²) < 4.78 is 0. The van der Waals surface area contributed by atoms with E-state index in [0.717, 1.165) is 31.4 Å². The molecule has 0 bridgehead atoms. The van der Waals surface area contributed by atoms with Gasteiger partial charge >= 0.3 is 0 Å². The van der Waals surface area contributed by atoms with Crippen LogP contribution in [0.3, 0.4) is 0 Å². The molecule has 0 aliphatic heterocycles. The van der Waals surface area contributed by atoms with Crippen LogP contribution in [0, 0.1) is 5.92 Å². The number of rotatable bonds is 7. The number of benzene rings is 1. The lowest BCUT2D eigenvalue weighted by Gasteiger charge is -2.11. The van der Waals surface area contributed by atoms with Crippen molar-refractivity contribution in [1.29, 1.82) is 0 Å². The van der Waals surface area contributed by atoms with E-state index in [2.05, 4.69) is 10.6 Å². The third-order valence-electron chi connectivity index (χ3n) is 3.49. The van der Waals surface area contributed by atoms with E-state index in [1.165, 1.54) is 0 Å². The third-order valence-corrected chi connectivity index (χ3v) is 3.49. The van der Waals surface area contributed by atoms with Crippen LogP contribution >= 0.6 is 0 Å². The van der Waals surface area contributed by atoms with Crippen molar-refractivity contribution in [2.24, 2.45) is 11.7 Å². The molecule has 1 saturated carbocycles. The smallest absolute Gasteiger partial charge is 0.227 e. The monoisotopic (exact) mass is 289 g/mol. The molecule has 5 heteroatoms. The largest absolute Gasteiger partial charge is 0.327 e. The van der Waals surface area contributed by atoms with Gasteiger partial charge in [0, 0.05) is 29.8 Å². The van der Waals surface area contributed by atoms with Gasteiger partial charge in [-0.15, -0.1) is 0 Å². The van der Waals surface area contributed by atoms with Crippen LogP contribution < -0.4 is 16.4 Å². The van der Waals surface area contributed by atoms with E-state index in [1.807, 2.05) is 6.92 Å². The molecule has 1 aliphatic rings. The lowest BCUT2D eigenvalue weighted by Crippen LogP contribution is -2.26. The Bertz CT molecular complexity index is 495. The zero-order valence-electron chi connectivity index (χ0n) is 12.4. The highest BCUT2D eigenvalue weighted by atomic mass is 16.2. The number of amides is 2. The summed E-state index contributed by atoms with van der Waals surface area (Å²) in [7, 11) is 0. The number of hydrogen-bond donors (Lipinski definition) is 3. The van der Waals surface area contributed by atoms with Gasteiger partial charge < -0.3 is 16.4 Å². The van der Waals surface area contributed by atoms with Crippen molar-refractivity contribution in [3.05, 3.63) is 24.3 Å². The Morgan fingerprint density at radius 3 is 2.29 bits per heavy atom. The van der Waals surface area contributed by atoms with Crippen LogP contribution in [-0.2, 0) is 9.59 Å². The molecule has 4 N–H and O–H groups in total. The molecular weight excluding hydrogens is 266 g/mol. The molecule has 1 aromatic rings. The van der Waals surface area contributed by atoms with Gasteiger partial charge in [0.25, 0.3) is 0 Å². The highest BCUT2D eigenvalue weighted by molar-refractivity contribution is 5.95. The molecule has 1 unspecified atom stereocenters. The van der Waals surface area contributed by atoms with E-state index in [-0.39, 0.29) is 23.8 Å². The number of hydrogen-bond acceptors (Lipinski definition) is 3. The van der Waals surface area contributed by atoms with E-state index in [1.54, 1.807) is 24.3 Å². The lowest BCUT2D eigenvalue weighted by molar-refractivity contribution is -0.117. The fourth-order valence-electron chi connectivity index (χ4n) is 2.15. The van der Waals surface area contributed by atoms with Gasteiger partial charge in [-0.1, -0.05) is 13.3 Å². The second-order valence-electron chi connectivity index (χ2n) is 5.64. The minimum Gasteiger partial charge on any atom is -0.327 e. The van der Waals surface area contributed by atoms with Crippen molar-refractivity contribution in [1.82, 2.24) is 0 Å². The third kappa shape index (κ3) is 5.19. The quantitative estimate of drug-likeness (QED) is 0.721. The van der Waals surface area contributed by atoms with Crippen molar-refractivity contribution >= 4 is 23.2 Å². The fourth-order valence-corrected chi connectivity index (χ4v) is 2.15. The van der Waals surface area contributed by atoms with Gasteiger partial charge in [-0.2, -0.15) is 0 Å². The Morgan fingerprint density at radius 1 is 1.19 bits per heavy atom. The highest BCUT2D eigenvalue weighted by Crippen LogP contribution is 2.30. The van der Waals surface area contributed by atoms with Crippen LogP contribution in [0.15, 0.2) is 24.3 Å². The number of anilines is 2. The van der Waals surface area contributed by atoms with Crippen molar-refractivity contribution in [3.63, 3.8) is 0 Å². The van der Waals surface area contributed by atoms with Gasteiger partial charge in [-0.3, -0.25) is 9.59 Å². The van der Waals surface area contributed by atoms with E-state index >= 15 is 0 Å².